The predicted molar refractivity (Wildman–Crippen MR) is 67.0 cm³/mol. The lowest BCUT2D eigenvalue weighted by Crippen LogP contribution is -2.45. The van der Waals surface area contributed by atoms with Crippen molar-refractivity contribution < 1.29 is 14.7 Å². The van der Waals surface area contributed by atoms with Crippen LogP contribution in [0.25, 0.3) is 0 Å². The SMILES string of the molecule is CCC(C)C(NC(=O)c1ncccc1N)C(=O)O. The summed E-state index contributed by atoms with van der Waals surface area (Å²) in [5.74, 6) is -1.80. The number of hydrogen-bond acceptors (Lipinski definition) is 4. The number of amides is 1. The second-order valence-corrected chi connectivity index (χ2v) is 4.12. The summed E-state index contributed by atoms with van der Waals surface area (Å²) < 4.78 is 0. The number of carbonyl (C=O) groups excluding carboxylic acids is 1. The molecule has 2 unspecified atom stereocenters. The van der Waals surface area contributed by atoms with E-state index in [1.165, 1.54) is 6.20 Å². The van der Waals surface area contributed by atoms with Crippen molar-refractivity contribution in [1.82, 2.24) is 10.3 Å². The van der Waals surface area contributed by atoms with Gasteiger partial charge >= 0.3 is 5.97 Å². The minimum atomic E-state index is -1.06. The molecule has 0 aliphatic heterocycles. The Morgan fingerprint density at radius 1 is 1.56 bits per heavy atom. The van der Waals surface area contributed by atoms with Crippen LogP contribution in [-0.2, 0) is 4.79 Å². The Morgan fingerprint density at radius 3 is 2.72 bits per heavy atom. The second-order valence-electron chi connectivity index (χ2n) is 4.12. The average molecular weight is 251 g/mol. The van der Waals surface area contributed by atoms with Crippen LogP contribution in [0.4, 0.5) is 5.69 Å². The van der Waals surface area contributed by atoms with Crippen molar-refractivity contribution in [3.05, 3.63) is 24.0 Å². The fourth-order valence-electron chi connectivity index (χ4n) is 1.50. The van der Waals surface area contributed by atoms with Gasteiger partial charge in [-0.05, 0) is 18.1 Å². The molecule has 1 amide bonds. The van der Waals surface area contributed by atoms with Crippen molar-refractivity contribution in [3.8, 4) is 0 Å². The number of carboxylic acids is 1. The fraction of sp³-hybridized carbons (Fsp3) is 0.417. The largest absolute Gasteiger partial charge is 0.480 e. The van der Waals surface area contributed by atoms with E-state index in [4.69, 9.17) is 10.8 Å². The van der Waals surface area contributed by atoms with Crippen molar-refractivity contribution in [3.63, 3.8) is 0 Å². The molecular weight excluding hydrogens is 234 g/mol. The van der Waals surface area contributed by atoms with Crippen LogP contribution in [0.3, 0.4) is 0 Å². The number of carbonyl (C=O) groups is 2. The number of hydrogen-bond donors (Lipinski definition) is 3. The normalized spacial score (nSPS) is 13.7. The van der Waals surface area contributed by atoms with E-state index in [1.807, 2.05) is 6.92 Å². The highest BCUT2D eigenvalue weighted by molar-refractivity contribution is 5.99. The Bertz CT molecular complexity index is 448. The number of pyridine rings is 1. The first-order valence-corrected chi connectivity index (χ1v) is 5.71. The summed E-state index contributed by atoms with van der Waals surface area (Å²) in [5.41, 5.74) is 5.88. The molecule has 6 heteroatoms. The van der Waals surface area contributed by atoms with E-state index in [0.29, 0.717) is 6.42 Å². The van der Waals surface area contributed by atoms with Crippen molar-refractivity contribution in [2.75, 3.05) is 5.73 Å². The van der Waals surface area contributed by atoms with Gasteiger partial charge in [0.15, 0.2) is 5.69 Å². The molecule has 2 atom stereocenters. The lowest BCUT2D eigenvalue weighted by molar-refractivity contribution is -0.140. The summed E-state index contributed by atoms with van der Waals surface area (Å²) in [7, 11) is 0. The fourth-order valence-corrected chi connectivity index (χ4v) is 1.50. The zero-order valence-corrected chi connectivity index (χ0v) is 10.4. The van der Waals surface area contributed by atoms with Gasteiger partial charge in [0.25, 0.3) is 5.91 Å². The van der Waals surface area contributed by atoms with Crippen LogP contribution in [0.1, 0.15) is 30.8 Å². The van der Waals surface area contributed by atoms with Gasteiger partial charge in [0.2, 0.25) is 0 Å². The standard InChI is InChI=1S/C12H17N3O3/c1-3-7(2)9(12(17)18)15-11(16)10-8(13)5-4-6-14-10/h4-7,9H,3,13H2,1-2H3,(H,15,16)(H,17,18). The summed E-state index contributed by atoms with van der Waals surface area (Å²) in [4.78, 5) is 26.8. The maximum Gasteiger partial charge on any atom is 0.326 e. The molecule has 0 aliphatic carbocycles. The molecule has 1 heterocycles. The number of rotatable bonds is 5. The van der Waals surface area contributed by atoms with E-state index in [2.05, 4.69) is 10.3 Å². The number of carboxylic acid groups (broad SMARTS) is 1. The zero-order chi connectivity index (χ0) is 13.7. The van der Waals surface area contributed by atoms with Gasteiger partial charge in [-0.15, -0.1) is 0 Å². The highest BCUT2D eigenvalue weighted by atomic mass is 16.4. The maximum atomic E-state index is 11.9. The second kappa shape index (κ2) is 6.00. The van der Waals surface area contributed by atoms with Crippen LogP contribution in [0.2, 0.25) is 0 Å². The summed E-state index contributed by atoms with van der Waals surface area (Å²) >= 11 is 0. The smallest absolute Gasteiger partial charge is 0.326 e. The maximum absolute atomic E-state index is 11.9. The molecule has 0 fully saturated rings. The Labute approximate surface area is 105 Å². The Hall–Kier alpha value is -2.11. The quantitative estimate of drug-likeness (QED) is 0.720. The summed E-state index contributed by atoms with van der Waals surface area (Å²) in [5, 5.41) is 11.5. The van der Waals surface area contributed by atoms with Crippen LogP contribution in [0.5, 0.6) is 0 Å². The molecule has 4 N–H and O–H groups in total. The van der Waals surface area contributed by atoms with E-state index >= 15 is 0 Å². The molecule has 6 nitrogen and oxygen atoms in total. The Kier molecular flexibility index (Phi) is 4.65. The van der Waals surface area contributed by atoms with E-state index in [9.17, 15) is 9.59 Å². The third kappa shape index (κ3) is 3.19. The summed E-state index contributed by atoms with van der Waals surface area (Å²) in [6.45, 7) is 3.63. The number of nitrogens with one attached hydrogen (secondary N) is 1. The molecule has 0 saturated carbocycles. The number of nitrogens with two attached hydrogens (primary N) is 1. The molecule has 0 spiro atoms. The van der Waals surface area contributed by atoms with Gasteiger partial charge in [-0.1, -0.05) is 20.3 Å². The minimum absolute atomic E-state index is 0.0482. The van der Waals surface area contributed by atoms with Crippen molar-refractivity contribution in [2.45, 2.75) is 26.3 Å². The van der Waals surface area contributed by atoms with Crippen LogP contribution >= 0.6 is 0 Å². The van der Waals surface area contributed by atoms with Gasteiger partial charge in [0.05, 0.1) is 5.69 Å². The number of aliphatic carboxylic acids is 1. The molecule has 0 bridgehead atoms. The molecule has 0 radical (unpaired) electrons. The minimum Gasteiger partial charge on any atom is -0.480 e. The van der Waals surface area contributed by atoms with Crippen molar-refractivity contribution in [2.24, 2.45) is 5.92 Å². The van der Waals surface area contributed by atoms with Crippen LogP contribution < -0.4 is 11.1 Å². The molecule has 0 aromatic carbocycles. The first-order chi connectivity index (χ1) is 8.47. The molecular formula is C12H17N3O3. The summed E-state index contributed by atoms with van der Waals surface area (Å²) in [6.07, 6.45) is 2.08. The van der Waals surface area contributed by atoms with E-state index < -0.39 is 17.9 Å². The van der Waals surface area contributed by atoms with Gasteiger partial charge in [0.1, 0.15) is 6.04 Å². The number of nitrogen functional groups attached to an aromatic ring is 1. The number of nitrogens with zero attached hydrogens (tertiary/aromatic N) is 1. The van der Waals surface area contributed by atoms with Gasteiger partial charge < -0.3 is 16.2 Å². The molecule has 1 aromatic rings. The predicted octanol–water partition coefficient (Wildman–Crippen LogP) is 0.893. The van der Waals surface area contributed by atoms with Gasteiger partial charge in [0, 0.05) is 6.20 Å². The molecule has 1 aromatic heterocycles. The molecule has 1 rings (SSSR count). The zero-order valence-electron chi connectivity index (χ0n) is 10.4. The number of anilines is 1. The third-order valence-electron chi connectivity index (χ3n) is 2.82. The Balaban J connectivity index is 2.86. The number of aromatic nitrogens is 1. The third-order valence-corrected chi connectivity index (χ3v) is 2.82. The van der Waals surface area contributed by atoms with E-state index in [0.717, 1.165) is 0 Å². The first kappa shape index (κ1) is 14.0. The first-order valence-electron chi connectivity index (χ1n) is 5.71. The van der Waals surface area contributed by atoms with Crippen LogP contribution in [0, 0.1) is 5.92 Å². The van der Waals surface area contributed by atoms with Gasteiger partial charge in [-0.25, -0.2) is 9.78 Å². The highest BCUT2D eigenvalue weighted by Gasteiger charge is 2.26. The molecule has 0 saturated heterocycles. The van der Waals surface area contributed by atoms with Crippen LogP contribution in [-0.4, -0.2) is 28.0 Å². The molecule has 0 aliphatic rings. The van der Waals surface area contributed by atoms with Crippen molar-refractivity contribution >= 4 is 17.6 Å². The van der Waals surface area contributed by atoms with Crippen LogP contribution in [0.15, 0.2) is 18.3 Å². The van der Waals surface area contributed by atoms with E-state index in [-0.39, 0.29) is 17.3 Å². The lowest BCUT2D eigenvalue weighted by atomic mass is 9.99. The average Bonchev–Trinajstić information content (AvgIpc) is 2.35. The topological polar surface area (TPSA) is 105 Å². The monoisotopic (exact) mass is 251 g/mol. The summed E-state index contributed by atoms with van der Waals surface area (Å²) in [6, 6.07) is 2.21. The van der Waals surface area contributed by atoms with Gasteiger partial charge in [-0.2, -0.15) is 0 Å². The van der Waals surface area contributed by atoms with Crippen molar-refractivity contribution in [1.29, 1.82) is 0 Å². The lowest BCUT2D eigenvalue weighted by Gasteiger charge is -2.20. The Morgan fingerprint density at radius 2 is 2.22 bits per heavy atom. The highest BCUT2D eigenvalue weighted by Crippen LogP contribution is 2.11. The molecule has 98 valence electrons. The molecule has 18 heavy (non-hydrogen) atoms. The van der Waals surface area contributed by atoms with Gasteiger partial charge in [-0.3, -0.25) is 4.79 Å². The van der Waals surface area contributed by atoms with E-state index in [1.54, 1.807) is 19.1 Å².